The van der Waals surface area contributed by atoms with Gasteiger partial charge in [-0.15, -0.1) is 0 Å². The summed E-state index contributed by atoms with van der Waals surface area (Å²) in [4.78, 5) is 13.3. The van der Waals surface area contributed by atoms with Gasteiger partial charge in [-0.05, 0) is 58.5 Å². The van der Waals surface area contributed by atoms with Gasteiger partial charge in [0.1, 0.15) is 12.1 Å². The molecule has 0 bridgehead atoms. The molecule has 0 atom stereocenters. The maximum absolute atomic E-state index is 4.60. The van der Waals surface area contributed by atoms with Crippen molar-refractivity contribution in [3.63, 3.8) is 0 Å². The lowest BCUT2D eigenvalue weighted by Crippen LogP contribution is -2.06. The van der Waals surface area contributed by atoms with Crippen LogP contribution in [0.3, 0.4) is 0 Å². The maximum atomic E-state index is 4.60. The van der Waals surface area contributed by atoms with E-state index in [0.29, 0.717) is 12.5 Å². The lowest BCUT2D eigenvalue weighted by molar-refractivity contribution is 0.976. The van der Waals surface area contributed by atoms with Crippen molar-refractivity contribution in [3.8, 4) is 5.82 Å². The number of para-hydroxylation sites is 2. The molecule has 0 aliphatic rings. The summed E-state index contributed by atoms with van der Waals surface area (Å²) in [5.74, 6) is 1.40. The van der Waals surface area contributed by atoms with Gasteiger partial charge in [0.25, 0.3) is 0 Å². The second-order valence-corrected chi connectivity index (χ2v) is 6.57. The van der Waals surface area contributed by atoms with Gasteiger partial charge in [-0.2, -0.15) is 4.98 Å². The van der Waals surface area contributed by atoms with Crippen LogP contribution in [0.15, 0.2) is 67.1 Å². The predicted octanol–water partition coefficient (Wildman–Crippen LogP) is 4.03. The molecule has 0 amide bonds. The molecule has 5 nitrogen and oxygen atoms in total. The monoisotopic (exact) mass is 427 g/mol. The minimum Gasteiger partial charge on any atom is -0.350 e. The van der Waals surface area contributed by atoms with Crippen molar-refractivity contribution in [3.05, 3.63) is 76.3 Å². The first-order chi connectivity index (χ1) is 11.8. The molecule has 0 radical (unpaired) electrons. The quantitative estimate of drug-likeness (QED) is 0.500. The van der Waals surface area contributed by atoms with E-state index in [1.54, 1.807) is 12.5 Å². The molecule has 6 heteroatoms. The molecule has 0 aliphatic carbocycles. The van der Waals surface area contributed by atoms with Crippen LogP contribution < -0.4 is 5.32 Å². The fourth-order valence-corrected chi connectivity index (χ4v) is 3.15. The van der Waals surface area contributed by atoms with E-state index in [1.807, 2.05) is 41.0 Å². The molecule has 0 saturated carbocycles. The first-order valence-electron chi connectivity index (χ1n) is 7.53. The molecule has 2 aromatic carbocycles. The standard InChI is InChI=1S/C18H14IN5/c19-14-5-3-4-13(10-14)11-21-18-20-9-8-17(23-18)24-12-22-15-6-1-2-7-16(15)24/h1-10,12H,11H2,(H,20,21,23). The minimum atomic E-state index is 0.601. The molecular formula is C18H14IN5. The number of hydrogen-bond donors (Lipinski definition) is 1. The van der Waals surface area contributed by atoms with Crippen molar-refractivity contribution in [1.82, 2.24) is 19.5 Å². The van der Waals surface area contributed by atoms with Gasteiger partial charge in [0, 0.05) is 16.3 Å². The van der Waals surface area contributed by atoms with E-state index >= 15 is 0 Å². The molecule has 2 aromatic heterocycles. The van der Waals surface area contributed by atoms with Gasteiger partial charge in [-0.1, -0.05) is 24.3 Å². The molecule has 1 N–H and O–H groups in total. The van der Waals surface area contributed by atoms with Gasteiger partial charge in [0.05, 0.1) is 11.0 Å². The lowest BCUT2D eigenvalue weighted by Gasteiger charge is -2.08. The van der Waals surface area contributed by atoms with Crippen LogP contribution in [0.1, 0.15) is 5.56 Å². The SMILES string of the molecule is Ic1cccc(CNc2nccc(-n3cnc4ccccc43)n2)c1. The van der Waals surface area contributed by atoms with Crippen molar-refractivity contribution in [2.75, 3.05) is 5.32 Å². The van der Waals surface area contributed by atoms with Crippen LogP contribution in [-0.4, -0.2) is 19.5 Å². The summed E-state index contributed by atoms with van der Waals surface area (Å²) in [6, 6.07) is 18.2. The second kappa shape index (κ2) is 6.56. The highest BCUT2D eigenvalue weighted by Gasteiger charge is 2.06. The van der Waals surface area contributed by atoms with E-state index < -0.39 is 0 Å². The Morgan fingerprint density at radius 3 is 2.83 bits per heavy atom. The number of nitrogens with zero attached hydrogens (tertiary/aromatic N) is 4. The van der Waals surface area contributed by atoms with E-state index in [9.17, 15) is 0 Å². The number of nitrogens with one attached hydrogen (secondary N) is 1. The van der Waals surface area contributed by atoms with Crippen LogP contribution in [0.4, 0.5) is 5.95 Å². The molecule has 0 saturated heterocycles. The molecule has 0 aliphatic heterocycles. The van der Waals surface area contributed by atoms with Gasteiger partial charge in [-0.25, -0.2) is 9.97 Å². The van der Waals surface area contributed by atoms with Crippen molar-refractivity contribution in [2.45, 2.75) is 6.54 Å². The zero-order chi connectivity index (χ0) is 16.4. The van der Waals surface area contributed by atoms with E-state index in [-0.39, 0.29) is 0 Å². The zero-order valence-corrected chi connectivity index (χ0v) is 14.9. The third kappa shape index (κ3) is 3.09. The van der Waals surface area contributed by atoms with Gasteiger partial charge in [0.2, 0.25) is 5.95 Å². The van der Waals surface area contributed by atoms with Crippen LogP contribution in [0, 0.1) is 3.57 Å². The summed E-state index contributed by atoms with van der Waals surface area (Å²) in [5, 5.41) is 3.28. The van der Waals surface area contributed by atoms with Crippen LogP contribution in [0.5, 0.6) is 0 Å². The highest BCUT2D eigenvalue weighted by Crippen LogP contribution is 2.17. The van der Waals surface area contributed by atoms with Crippen molar-refractivity contribution in [2.24, 2.45) is 0 Å². The number of anilines is 1. The Kier molecular flexibility index (Phi) is 4.12. The number of fused-ring (bicyclic) bond motifs is 1. The molecule has 118 valence electrons. The minimum absolute atomic E-state index is 0.601. The van der Waals surface area contributed by atoms with Crippen molar-refractivity contribution < 1.29 is 0 Å². The third-order valence-corrected chi connectivity index (χ3v) is 4.35. The second-order valence-electron chi connectivity index (χ2n) is 5.33. The Bertz CT molecular complexity index is 995. The molecule has 0 spiro atoms. The lowest BCUT2D eigenvalue weighted by atomic mass is 10.2. The largest absolute Gasteiger partial charge is 0.350 e. The van der Waals surface area contributed by atoms with Gasteiger partial charge in [0.15, 0.2) is 0 Å². The predicted molar refractivity (Wildman–Crippen MR) is 103 cm³/mol. The Balaban J connectivity index is 1.60. The van der Waals surface area contributed by atoms with E-state index in [4.69, 9.17) is 0 Å². The van der Waals surface area contributed by atoms with E-state index in [1.165, 1.54) is 9.13 Å². The Hall–Kier alpha value is -2.48. The first kappa shape index (κ1) is 15.1. The maximum Gasteiger partial charge on any atom is 0.224 e. The van der Waals surface area contributed by atoms with Crippen LogP contribution >= 0.6 is 22.6 Å². The number of hydrogen-bond acceptors (Lipinski definition) is 4. The molecule has 0 unspecified atom stereocenters. The van der Waals surface area contributed by atoms with E-state index in [0.717, 1.165) is 16.9 Å². The Morgan fingerprint density at radius 2 is 1.92 bits per heavy atom. The average molecular weight is 427 g/mol. The van der Waals surface area contributed by atoms with Crippen LogP contribution in [0.25, 0.3) is 16.9 Å². The number of aromatic nitrogens is 4. The van der Waals surface area contributed by atoms with Gasteiger partial charge < -0.3 is 5.32 Å². The van der Waals surface area contributed by atoms with Crippen molar-refractivity contribution >= 4 is 39.6 Å². The fourth-order valence-electron chi connectivity index (χ4n) is 2.54. The number of rotatable bonds is 4. The summed E-state index contributed by atoms with van der Waals surface area (Å²) >= 11 is 2.31. The summed E-state index contributed by atoms with van der Waals surface area (Å²) in [6.07, 6.45) is 3.55. The molecule has 2 heterocycles. The normalized spacial score (nSPS) is 10.9. The zero-order valence-electron chi connectivity index (χ0n) is 12.7. The molecule has 0 fully saturated rings. The van der Waals surface area contributed by atoms with Gasteiger partial charge >= 0.3 is 0 Å². The highest BCUT2D eigenvalue weighted by atomic mass is 127. The van der Waals surface area contributed by atoms with Crippen molar-refractivity contribution in [1.29, 1.82) is 0 Å². The summed E-state index contributed by atoms with van der Waals surface area (Å²) in [7, 11) is 0. The average Bonchev–Trinajstić information content (AvgIpc) is 3.04. The number of halogens is 1. The topological polar surface area (TPSA) is 55.6 Å². The summed E-state index contributed by atoms with van der Waals surface area (Å²) < 4.78 is 3.18. The summed E-state index contributed by atoms with van der Waals surface area (Å²) in [5.41, 5.74) is 3.17. The first-order valence-corrected chi connectivity index (χ1v) is 8.61. The number of imidazole rings is 1. The van der Waals surface area contributed by atoms with Crippen LogP contribution in [0.2, 0.25) is 0 Å². The van der Waals surface area contributed by atoms with Crippen LogP contribution in [-0.2, 0) is 6.54 Å². The third-order valence-electron chi connectivity index (χ3n) is 3.68. The Labute approximate surface area is 152 Å². The summed E-state index contributed by atoms with van der Waals surface area (Å²) in [6.45, 7) is 0.685. The van der Waals surface area contributed by atoms with E-state index in [2.05, 4.69) is 61.1 Å². The highest BCUT2D eigenvalue weighted by molar-refractivity contribution is 14.1. The Morgan fingerprint density at radius 1 is 1.00 bits per heavy atom. The fraction of sp³-hybridized carbons (Fsp3) is 0.0556. The molecule has 4 rings (SSSR count). The smallest absolute Gasteiger partial charge is 0.224 e. The number of benzene rings is 2. The molecule has 4 aromatic rings. The molecule has 24 heavy (non-hydrogen) atoms. The van der Waals surface area contributed by atoms with Gasteiger partial charge in [-0.3, -0.25) is 4.57 Å². The molecular weight excluding hydrogens is 413 g/mol.